The van der Waals surface area contributed by atoms with Crippen LogP contribution in [-0.4, -0.2) is 34.4 Å². The van der Waals surface area contributed by atoms with Crippen LogP contribution < -0.4 is 4.90 Å². The standard InChI is InChI=1S/C17H22N2O2/c1-19(15-8-4-5-9-16(15)21)17-14-7-3-2-6-12(14)10-13(11-20)18-17/h2-3,6-7,10,15-16,20-21H,4-5,8-9,11H2,1H3. The van der Waals surface area contributed by atoms with Crippen LogP contribution in [-0.2, 0) is 6.61 Å². The number of hydrogen-bond acceptors (Lipinski definition) is 4. The van der Waals surface area contributed by atoms with Gasteiger partial charge in [-0.25, -0.2) is 4.98 Å². The Morgan fingerprint density at radius 1 is 1.24 bits per heavy atom. The number of aliphatic hydroxyl groups excluding tert-OH is 2. The van der Waals surface area contributed by atoms with Gasteiger partial charge >= 0.3 is 0 Å². The minimum Gasteiger partial charge on any atom is -0.391 e. The second-order valence-electron chi connectivity index (χ2n) is 5.85. The zero-order valence-electron chi connectivity index (χ0n) is 12.4. The van der Waals surface area contributed by atoms with E-state index in [2.05, 4.69) is 9.88 Å². The molecule has 112 valence electrons. The van der Waals surface area contributed by atoms with Gasteiger partial charge in [-0.15, -0.1) is 0 Å². The van der Waals surface area contributed by atoms with Crippen LogP contribution >= 0.6 is 0 Å². The molecule has 0 saturated heterocycles. The van der Waals surface area contributed by atoms with E-state index in [1.807, 2.05) is 37.4 Å². The first-order valence-corrected chi connectivity index (χ1v) is 7.61. The summed E-state index contributed by atoms with van der Waals surface area (Å²) >= 11 is 0. The molecule has 1 saturated carbocycles. The van der Waals surface area contributed by atoms with E-state index in [9.17, 15) is 10.2 Å². The average molecular weight is 286 g/mol. The van der Waals surface area contributed by atoms with Gasteiger partial charge in [0.15, 0.2) is 0 Å². The highest BCUT2D eigenvalue weighted by Gasteiger charge is 2.28. The monoisotopic (exact) mass is 286 g/mol. The van der Waals surface area contributed by atoms with Crippen molar-refractivity contribution in [3.63, 3.8) is 0 Å². The number of benzene rings is 1. The van der Waals surface area contributed by atoms with Gasteiger partial charge in [-0.05, 0) is 24.3 Å². The van der Waals surface area contributed by atoms with E-state index < -0.39 is 0 Å². The largest absolute Gasteiger partial charge is 0.391 e. The Bertz CT molecular complexity index is 629. The molecule has 1 aromatic carbocycles. The third kappa shape index (κ3) is 2.74. The summed E-state index contributed by atoms with van der Waals surface area (Å²) in [6.07, 6.45) is 3.77. The molecule has 0 amide bonds. The number of nitrogens with zero attached hydrogens (tertiary/aromatic N) is 2. The van der Waals surface area contributed by atoms with E-state index >= 15 is 0 Å². The maximum atomic E-state index is 10.3. The predicted octanol–water partition coefficient (Wildman–Crippen LogP) is 2.47. The molecule has 0 aliphatic heterocycles. The van der Waals surface area contributed by atoms with Crippen LogP contribution in [0, 0.1) is 0 Å². The van der Waals surface area contributed by atoms with Gasteiger partial charge in [0.2, 0.25) is 0 Å². The van der Waals surface area contributed by atoms with Crippen molar-refractivity contribution in [3.05, 3.63) is 36.0 Å². The number of anilines is 1. The van der Waals surface area contributed by atoms with Crippen LogP contribution in [0.3, 0.4) is 0 Å². The zero-order chi connectivity index (χ0) is 14.8. The van der Waals surface area contributed by atoms with E-state index in [1.54, 1.807) is 0 Å². The molecule has 1 aliphatic carbocycles. The van der Waals surface area contributed by atoms with Gasteiger partial charge < -0.3 is 15.1 Å². The van der Waals surface area contributed by atoms with Crippen LogP contribution in [0.2, 0.25) is 0 Å². The van der Waals surface area contributed by atoms with Crippen LogP contribution in [0.25, 0.3) is 10.8 Å². The summed E-state index contributed by atoms with van der Waals surface area (Å²) < 4.78 is 0. The molecule has 3 rings (SSSR count). The van der Waals surface area contributed by atoms with E-state index in [0.717, 1.165) is 42.3 Å². The molecule has 21 heavy (non-hydrogen) atoms. The molecule has 2 N–H and O–H groups in total. The summed E-state index contributed by atoms with van der Waals surface area (Å²) in [5, 5.41) is 21.9. The third-order valence-electron chi connectivity index (χ3n) is 4.46. The molecule has 0 radical (unpaired) electrons. The lowest BCUT2D eigenvalue weighted by molar-refractivity contribution is 0.106. The SMILES string of the molecule is CN(c1nc(CO)cc2ccccc12)C1CCCCC1O. The molecule has 2 unspecified atom stereocenters. The molecular weight excluding hydrogens is 264 g/mol. The van der Waals surface area contributed by atoms with Crippen molar-refractivity contribution in [3.8, 4) is 0 Å². The van der Waals surface area contributed by atoms with Crippen molar-refractivity contribution < 1.29 is 10.2 Å². The Hall–Kier alpha value is -1.65. The van der Waals surface area contributed by atoms with Crippen LogP contribution in [0.5, 0.6) is 0 Å². The number of likely N-dealkylation sites (N-methyl/N-ethyl adjacent to an activating group) is 1. The summed E-state index contributed by atoms with van der Waals surface area (Å²) in [4.78, 5) is 6.68. The minimum absolute atomic E-state index is 0.0705. The highest BCUT2D eigenvalue weighted by atomic mass is 16.3. The van der Waals surface area contributed by atoms with E-state index in [4.69, 9.17) is 0 Å². The summed E-state index contributed by atoms with van der Waals surface area (Å²) in [7, 11) is 2.00. The number of hydrogen-bond donors (Lipinski definition) is 2. The van der Waals surface area contributed by atoms with E-state index in [-0.39, 0.29) is 18.8 Å². The first kappa shape index (κ1) is 14.3. The summed E-state index contributed by atoms with van der Waals surface area (Å²) in [5.41, 5.74) is 0.667. The predicted molar refractivity (Wildman–Crippen MR) is 84.3 cm³/mol. The summed E-state index contributed by atoms with van der Waals surface area (Å²) in [6, 6.07) is 10.1. The number of aromatic nitrogens is 1. The van der Waals surface area contributed by atoms with Gasteiger partial charge in [0, 0.05) is 12.4 Å². The fourth-order valence-electron chi connectivity index (χ4n) is 3.28. The first-order valence-electron chi connectivity index (χ1n) is 7.61. The molecule has 0 bridgehead atoms. The number of aliphatic hydroxyl groups is 2. The number of fused-ring (bicyclic) bond motifs is 1. The van der Waals surface area contributed by atoms with Crippen LogP contribution in [0.4, 0.5) is 5.82 Å². The third-order valence-corrected chi connectivity index (χ3v) is 4.46. The normalized spacial score (nSPS) is 22.4. The van der Waals surface area contributed by atoms with Gasteiger partial charge in [0.25, 0.3) is 0 Å². The van der Waals surface area contributed by atoms with Crippen molar-refractivity contribution in [1.82, 2.24) is 4.98 Å². The molecule has 4 nitrogen and oxygen atoms in total. The van der Waals surface area contributed by atoms with Crippen LogP contribution in [0.1, 0.15) is 31.4 Å². The molecular formula is C17H22N2O2. The fourth-order valence-corrected chi connectivity index (χ4v) is 3.28. The average Bonchev–Trinajstić information content (AvgIpc) is 2.53. The smallest absolute Gasteiger partial charge is 0.136 e. The molecule has 0 spiro atoms. The van der Waals surface area contributed by atoms with Crippen LogP contribution in [0.15, 0.2) is 30.3 Å². The highest BCUT2D eigenvalue weighted by Crippen LogP contribution is 2.30. The number of pyridine rings is 1. The molecule has 1 fully saturated rings. The Morgan fingerprint density at radius 3 is 2.76 bits per heavy atom. The van der Waals surface area contributed by atoms with Gasteiger partial charge in [-0.3, -0.25) is 0 Å². The first-order chi connectivity index (χ1) is 10.2. The Kier molecular flexibility index (Phi) is 4.08. The van der Waals surface area contributed by atoms with Crippen molar-refractivity contribution in [2.75, 3.05) is 11.9 Å². The second kappa shape index (κ2) is 6.00. The van der Waals surface area contributed by atoms with Gasteiger partial charge in [0.1, 0.15) is 5.82 Å². The van der Waals surface area contributed by atoms with Crippen molar-refractivity contribution in [2.45, 2.75) is 44.4 Å². The van der Waals surface area contributed by atoms with Gasteiger partial charge in [0.05, 0.1) is 24.4 Å². The van der Waals surface area contributed by atoms with Gasteiger partial charge in [-0.1, -0.05) is 37.1 Å². The summed E-state index contributed by atoms with van der Waals surface area (Å²) in [5.74, 6) is 0.850. The van der Waals surface area contributed by atoms with Crippen molar-refractivity contribution >= 4 is 16.6 Å². The van der Waals surface area contributed by atoms with Gasteiger partial charge in [-0.2, -0.15) is 0 Å². The maximum absolute atomic E-state index is 10.3. The summed E-state index contributed by atoms with van der Waals surface area (Å²) in [6.45, 7) is -0.0705. The lowest BCUT2D eigenvalue weighted by Crippen LogP contribution is -2.44. The zero-order valence-corrected chi connectivity index (χ0v) is 12.4. The highest BCUT2D eigenvalue weighted by molar-refractivity contribution is 5.92. The van der Waals surface area contributed by atoms with Crippen molar-refractivity contribution in [2.24, 2.45) is 0 Å². The molecule has 4 heteroatoms. The Labute approximate surface area is 125 Å². The lowest BCUT2D eigenvalue weighted by Gasteiger charge is -2.36. The quantitative estimate of drug-likeness (QED) is 0.910. The number of rotatable bonds is 3. The fraction of sp³-hybridized carbons (Fsp3) is 0.471. The topological polar surface area (TPSA) is 56.6 Å². The molecule has 2 aromatic rings. The Morgan fingerprint density at radius 2 is 2.00 bits per heavy atom. The second-order valence-corrected chi connectivity index (χ2v) is 5.85. The van der Waals surface area contributed by atoms with E-state index in [0.29, 0.717) is 5.69 Å². The molecule has 1 heterocycles. The molecule has 2 atom stereocenters. The molecule has 1 aromatic heterocycles. The minimum atomic E-state index is -0.304. The van der Waals surface area contributed by atoms with Crippen molar-refractivity contribution in [1.29, 1.82) is 0 Å². The lowest BCUT2D eigenvalue weighted by atomic mass is 9.91. The maximum Gasteiger partial charge on any atom is 0.136 e. The Balaban J connectivity index is 2.05. The van der Waals surface area contributed by atoms with E-state index in [1.165, 1.54) is 0 Å². The molecule has 1 aliphatic rings.